The van der Waals surface area contributed by atoms with Gasteiger partial charge in [0.1, 0.15) is 11.6 Å². The highest BCUT2D eigenvalue weighted by Crippen LogP contribution is 2.49. The number of hydrogen-bond donors (Lipinski definition) is 1. The van der Waals surface area contributed by atoms with E-state index in [1.165, 1.54) is 20.0 Å². The van der Waals surface area contributed by atoms with Crippen LogP contribution in [-0.2, 0) is 13.1 Å². The van der Waals surface area contributed by atoms with Crippen molar-refractivity contribution in [3.8, 4) is 22.9 Å². The van der Waals surface area contributed by atoms with Gasteiger partial charge in [0.15, 0.2) is 11.5 Å². The highest BCUT2D eigenvalue weighted by molar-refractivity contribution is 6.32. The molecule has 0 atom stereocenters. The number of hydrogen-bond acceptors (Lipinski definition) is 4. The second kappa shape index (κ2) is 6.36. The number of rotatable bonds is 6. The van der Waals surface area contributed by atoms with Crippen LogP contribution in [-0.4, -0.2) is 31.3 Å². The van der Waals surface area contributed by atoms with E-state index in [2.05, 4.69) is 19.1 Å². The molecule has 0 aliphatic heterocycles. The highest BCUT2D eigenvalue weighted by Gasteiger charge is 2.43. The Kier molecular flexibility index (Phi) is 4.15. The maximum absolute atomic E-state index is 9.96. The summed E-state index contributed by atoms with van der Waals surface area (Å²) in [4.78, 5) is 8.83. The Bertz CT molecular complexity index is 943. The first-order chi connectivity index (χ1) is 12.5. The number of phenolic OH excluding ortho intramolecular Hbond substituents is 1. The minimum atomic E-state index is -0.0507. The van der Waals surface area contributed by atoms with Crippen LogP contribution in [0, 0.1) is 12.3 Å². The molecule has 2 aromatic heterocycles. The van der Waals surface area contributed by atoms with E-state index in [1.54, 1.807) is 18.3 Å². The van der Waals surface area contributed by atoms with Crippen LogP contribution in [0.3, 0.4) is 0 Å². The monoisotopic (exact) mass is 372 g/mol. The Morgan fingerprint density at radius 2 is 1.85 bits per heavy atom. The lowest BCUT2D eigenvalue weighted by Gasteiger charge is -2.19. The zero-order chi connectivity index (χ0) is 18.3. The Hall–Kier alpha value is -2.47. The second-order valence-corrected chi connectivity index (χ2v) is 7.40. The molecule has 26 heavy (non-hydrogen) atoms. The molecular formula is C19H21ClN4O2. The second-order valence-electron chi connectivity index (χ2n) is 6.99. The lowest BCUT2D eigenvalue weighted by molar-refractivity contribution is 0.360. The molecule has 1 fully saturated rings. The summed E-state index contributed by atoms with van der Waals surface area (Å²) in [6.07, 6.45) is 10.0. The van der Waals surface area contributed by atoms with E-state index >= 15 is 0 Å². The Morgan fingerprint density at radius 3 is 2.50 bits per heavy atom. The van der Waals surface area contributed by atoms with Gasteiger partial charge in [0.05, 0.1) is 12.1 Å². The number of phenols is 1. The molecule has 0 radical (unpaired) electrons. The summed E-state index contributed by atoms with van der Waals surface area (Å²) >= 11 is 6.15. The zero-order valence-electron chi connectivity index (χ0n) is 14.8. The maximum Gasteiger partial charge on any atom is 0.176 e. The predicted octanol–water partition coefficient (Wildman–Crippen LogP) is 3.90. The van der Waals surface area contributed by atoms with Gasteiger partial charge in [0.2, 0.25) is 0 Å². The quantitative estimate of drug-likeness (QED) is 0.712. The molecule has 6 nitrogen and oxygen atoms in total. The van der Waals surface area contributed by atoms with Crippen LogP contribution >= 0.6 is 11.6 Å². The lowest BCUT2D eigenvalue weighted by atomic mass is 10.1. The maximum atomic E-state index is 9.96. The van der Waals surface area contributed by atoms with Gasteiger partial charge < -0.3 is 19.0 Å². The smallest absolute Gasteiger partial charge is 0.176 e. The molecule has 1 saturated carbocycles. The fourth-order valence-corrected chi connectivity index (χ4v) is 3.60. The van der Waals surface area contributed by atoms with Crippen molar-refractivity contribution in [3.63, 3.8) is 0 Å². The molecule has 1 N–H and O–H groups in total. The molecule has 0 saturated heterocycles. The molecule has 4 rings (SSSR count). The van der Waals surface area contributed by atoms with Gasteiger partial charge in [-0.1, -0.05) is 11.6 Å². The summed E-state index contributed by atoms with van der Waals surface area (Å²) in [6, 6.07) is 3.48. The molecule has 7 heteroatoms. The van der Waals surface area contributed by atoms with Crippen molar-refractivity contribution in [3.05, 3.63) is 47.8 Å². The van der Waals surface area contributed by atoms with Gasteiger partial charge in [-0.2, -0.15) is 0 Å². The highest BCUT2D eigenvalue weighted by atomic mass is 35.5. The van der Waals surface area contributed by atoms with E-state index in [1.807, 2.05) is 25.5 Å². The van der Waals surface area contributed by atoms with Crippen molar-refractivity contribution >= 4 is 11.6 Å². The van der Waals surface area contributed by atoms with E-state index in [0.717, 1.165) is 30.3 Å². The number of nitrogens with zero attached hydrogens (tertiary/aromatic N) is 4. The van der Waals surface area contributed by atoms with Crippen LogP contribution in [0.4, 0.5) is 0 Å². The van der Waals surface area contributed by atoms with Crippen molar-refractivity contribution in [1.29, 1.82) is 0 Å². The van der Waals surface area contributed by atoms with Gasteiger partial charge in [-0.3, -0.25) is 0 Å². The first kappa shape index (κ1) is 17.0. The fourth-order valence-electron chi connectivity index (χ4n) is 3.39. The minimum absolute atomic E-state index is 0.0507. The van der Waals surface area contributed by atoms with Crippen molar-refractivity contribution in [2.75, 3.05) is 7.11 Å². The molecule has 1 aromatic carbocycles. The van der Waals surface area contributed by atoms with E-state index in [0.29, 0.717) is 5.75 Å². The van der Waals surface area contributed by atoms with E-state index in [9.17, 15) is 5.11 Å². The number of methoxy groups -OCH3 is 1. The molecule has 136 valence electrons. The van der Waals surface area contributed by atoms with E-state index in [-0.39, 0.29) is 16.2 Å². The van der Waals surface area contributed by atoms with Gasteiger partial charge in [-0.05, 0) is 31.9 Å². The Labute approximate surface area is 157 Å². The number of aromatic hydroxyl groups is 1. The van der Waals surface area contributed by atoms with E-state index in [4.69, 9.17) is 16.3 Å². The van der Waals surface area contributed by atoms with Gasteiger partial charge in [0.25, 0.3) is 0 Å². The molecule has 3 aromatic rings. The summed E-state index contributed by atoms with van der Waals surface area (Å²) in [5.41, 5.74) is 1.05. The number of imidazole rings is 2. The number of ether oxygens (including phenoxy) is 1. The van der Waals surface area contributed by atoms with Crippen LogP contribution in [0.1, 0.15) is 18.7 Å². The Morgan fingerprint density at radius 1 is 1.15 bits per heavy atom. The predicted molar refractivity (Wildman–Crippen MR) is 99.5 cm³/mol. The largest absolute Gasteiger partial charge is 0.503 e. The van der Waals surface area contributed by atoms with Gasteiger partial charge >= 0.3 is 0 Å². The molecule has 0 amide bonds. The number of halogens is 1. The normalized spacial score (nSPS) is 15.2. The molecule has 1 aliphatic carbocycles. The third-order valence-electron chi connectivity index (χ3n) is 5.11. The average Bonchev–Trinajstić information content (AvgIpc) is 3.01. The zero-order valence-corrected chi connectivity index (χ0v) is 15.6. The third kappa shape index (κ3) is 3.05. The molecule has 1 aliphatic rings. The number of aryl methyl sites for hydroxylation is 1. The summed E-state index contributed by atoms with van der Waals surface area (Å²) < 4.78 is 9.59. The van der Waals surface area contributed by atoms with E-state index < -0.39 is 0 Å². The van der Waals surface area contributed by atoms with Crippen molar-refractivity contribution in [2.24, 2.45) is 5.41 Å². The number of benzene rings is 1. The molecule has 0 unspecified atom stereocenters. The van der Waals surface area contributed by atoms with Crippen LogP contribution in [0.25, 0.3) is 11.4 Å². The first-order valence-corrected chi connectivity index (χ1v) is 8.95. The average molecular weight is 373 g/mol. The lowest BCUT2D eigenvalue weighted by Crippen LogP contribution is -2.19. The topological polar surface area (TPSA) is 65.1 Å². The molecular weight excluding hydrogens is 352 g/mol. The summed E-state index contributed by atoms with van der Waals surface area (Å²) in [6.45, 7) is 3.86. The van der Waals surface area contributed by atoms with Crippen molar-refractivity contribution < 1.29 is 9.84 Å². The van der Waals surface area contributed by atoms with Crippen molar-refractivity contribution in [2.45, 2.75) is 32.9 Å². The minimum Gasteiger partial charge on any atom is -0.503 e. The number of aromatic nitrogens is 4. The summed E-state index contributed by atoms with van der Waals surface area (Å²) in [7, 11) is 1.51. The SMILES string of the molecule is COc1cc(-c2nccn2CC2(Cn3ccnc3C)CC2)cc(Cl)c1O. The Balaban J connectivity index is 1.62. The van der Waals surface area contributed by atoms with Crippen molar-refractivity contribution in [1.82, 2.24) is 19.1 Å². The van der Waals surface area contributed by atoms with Crippen LogP contribution < -0.4 is 4.74 Å². The fraction of sp³-hybridized carbons (Fsp3) is 0.368. The van der Waals surface area contributed by atoms with Gasteiger partial charge in [-0.25, -0.2) is 9.97 Å². The molecule has 0 spiro atoms. The van der Waals surface area contributed by atoms with Crippen LogP contribution in [0.5, 0.6) is 11.5 Å². The standard InChI is InChI=1S/C19H21ClN4O2/c1-13-21-5-7-23(13)11-19(3-4-19)12-24-8-6-22-18(24)14-9-15(20)17(25)16(10-14)26-2/h5-10,25H,3-4,11-12H2,1-2H3. The summed E-state index contributed by atoms with van der Waals surface area (Å²) in [5, 5.41) is 10.2. The summed E-state index contributed by atoms with van der Waals surface area (Å²) in [5.74, 6) is 2.15. The molecule has 2 heterocycles. The van der Waals surface area contributed by atoms with Gasteiger partial charge in [0, 0.05) is 48.9 Å². The molecule has 0 bridgehead atoms. The third-order valence-corrected chi connectivity index (χ3v) is 5.40. The van der Waals surface area contributed by atoms with Gasteiger partial charge in [-0.15, -0.1) is 0 Å². The first-order valence-electron chi connectivity index (χ1n) is 8.57. The van der Waals surface area contributed by atoms with Crippen LogP contribution in [0.2, 0.25) is 5.02 Å². The van der Waals surface area contributed by atoms with Crippen LogP contribution in [0.15, 0.2) is 36.9 Å².